The van der Waals surface area contributed by atoms with Gasteiger partial charge in [-0.2, -0.15) is 0 Å². The van der Waals surface area contributed by atoms with Crippen molar-refractivity contribution in [2.24, 2.45) is 0 Å². The molecular formula is C28H28Cl2N4O3. The molecule has 3 heterocycles. The monoisotopic (exact) mass is 538 g/mol. The first-order valence-corrected chi connectivity index (χ1v) is 13.2. The number of hydrogen-bond acceptors (Lipinski definition) is 5. The number of imidazole rings is 1. The molecule has 2 aliphatic rings. The molecule has 0 unspecified atom stereocenters. The third-order valence-corrected chi connectivity index (χ3v) is 8.01. The van der Waals surface area contributed by atoms with Crippen LogP contribution in [0, 0.1) is 0 Å². The van der Waals surface area contributed by atoms with Gasteiger partial charge in [0.2, 0.25) is 0 Å². The normalized spacial score (nSPS) is 17.1. The second-order valence-electron chi connectivity index (χ2n) is 10.9. The Labute approximate surface area is 225 Å². The molecule has 0 radical (unpaired) electrons. The van der Waals surface area contributed by atoms with Gasteiger partial charge < -0.3 is 14.7 Å². The number of phenols is 1. The number of hydrogen-bond donors (Lipinski definition) is 1. The Morgan fingerprint density at radius 3 is 2.62 bits per heavy atom. The highest BCUT2D eigenvalue weighted by Crippen LogP contribution is 2.46. The van der Waals surface area contributed by atoms with Crippen LogP contribution in [0.15, 0.2) is 48.7 Å². The first kappa shape index (κ1) is 24.2. The summed E-state index contributed by atoms with van der Waals surface area (Å²) in [5.74, 6) is 0.0631. The Morgan fingerprint density at radius 2 is 1.89 bits per heavy atom. The highest BCUT2D eigenvalue weighted by molar-refractivity contribution is 6.44. The number of aromatic hydroxyl groups is 1. The quantitative estimate of drug-likeness (QED) is 0.305. The van der Waals surface area contributed by atoms with E-state index in [1.54, 1.807) is 12.1 Å². The number of para-hydroxylation sites is 1. The number of rotatable bonds is 2. The Balaban J connectivity index is 1.36. The Kier molecular flexibility index (Phi) is 5.51. The number of benzene rings is 2. The minimum absolute atomic E-state index is 0.0631. The van der Waals surface area contributed by atoms with Crippen LogP contribution in [0.3, 0.4) is 0 Å². The summed E-state index contributed by atoms with van der Waals surface area (Å²) in [5, 5.41) is 11.1. The molecule has 1 spiro atoms. The van der Waals surface area contributed by atoms with Crippen molar-refractivity contribution in [2.75, 3.05) is 24.5 Å². The maximum atomic E-state index is 12.9. The van der Waals surface area contributed by atoms with Crippen LogP contribution in [-0.4, -0.2) is 56.3 Å². The number of aromatic nitrogens is 2. The van der Waals surface area contributed by atoms with Crippen molar-refractivity contribution >= 4 is 51.7 Å². The lowest BCUT2D eigenvalue weighted by Gasteiger charge is -2.43. The fraction of sp³-hybridized carbons (Fsp3) is 0.357. The molecule has 1 N–H and O–H groups in total. The average molecular weight is 539 g/mol. The Morgan fingerprint density at radius 1 is 1.11 bits per heavy atom. The number of carbonyl (C=O) groups is 1. The van der Waals surface area contributed by atoms with Crippen molar-refractivity contribution in [2.45, 2.75) is 44.8 Å². The van der Waals surface area contributed by atoms with E-state index in [2.05, 4.69) is 11.0 Å². The molecule has 2 aromatic heterocycles. The van der Waals surface area contributed by atoms with E-state index in [1.807, 2.05) is 60.5 Å². The predicted molar refractivity (Wildman–Crippen MR) is 147 cm³/mol. The van der Waals surface area contributed by atoms with Gasteiger partial charge in [-0.25, -0.2) is 9.78 Å². The van der Waals surface area contributed by atoms with Gasteiger partial charge in [0.05, 0.1) is 26.8 Å². The summed E-state index contributed by atoms with van der Waals surface area (Å²) < 4.78 is 7.72. The van der Waals surface area contributed by atoms with Crippen LogP contribution >= 0.6 is 23.2 Å². The second kappa shape index (κ2) is 8.43. The van der Waals surface area contributed by atoms with Gasteiger partial charge in [0.1, 0.15) is 22.5 Å². The highest BCUT2D eigenvalue weighted by Gasteiger charge is 2.54. The van der Waals surface area contributed by atoms with E-state index in [0.717, 1.165) is 47.3 Å². The molecule has 0 atom stereocenters. The molecule has 37 heavy (non-hydrogen) atoms. The minimum Gasteiger partial charge on any atom is -0.507 e. The third kappa shape index (κ3) is 4.14. The maximum Gasteiger partial charge on any atom is 0.410 e. The zero-order chi connectivity index (χ0) is 26.1. The van der Waals surface area contributed by atoms with E-state index in [-0.39, 0.29) is 17.4 Å². The molecule has 1 aliphatic heterocycles. The van der Waals surface area contributed by atoms with Crippen molar-refractivity contribution in [1.82, 2.24) is 14.3 Å². The van der Waals surface area contributed by atoms with Gasteiger partial charge in [-0.15, -0.1) is 0 Å². The van der Waals surface area contributed by atoms with E-state index in [1.165, 1.54) is 0 Å². The van der Waals surface area contributed by atoms with Crippen LogP contribution < -0.4 is 4.90 Å². The summed E-state index contributed by atoms with van der Waals surface area (Å²) in [6, 6.07) is 13.1. The number of piperazine rings is 1. The smallest absolute Gasteiger partial charge is 0.410 e. The zero-order valence-corrected chi connectivity index (χ0v) is 22.5. The highest BCUT2D eigenvalue weighted by atomic mass is 35.5. The molecule has 7 nitrogen and oxygen atoms in total. The van der Waals surface area contributed by atoms with Crippen LogP contribution in [0.4, 0.5) is 10.5 Å². The van der Waals surface area contributed by atoms with Crippen molar-refractivity contribution < 1.29 is 14.6 Å². The number of fused-ring (bicyclic) bond motifs is 3. The molecule has 6 rings (SSSR count). The van der Waals surface area contributed by atoms with Crippen molar-refractivity contribution in [3.63, 3.8) is 0 Å². The molecule has 1 aliphatic carbocycles. The van der Waals surface area contributed by atoms with E-state index in [0.29, 0.717) is 28.7 Å². The van der Waals surface area contributed by atoms with E-state index >= 15 is 0 Å². The van der Waals surface area contributed by atoms with Crippen molar-refractivity contribution in [3.8, 4) is 16.9 Å². The Hall–Kier alpha value is -3.16. The van der Waals surface area contributed by atoms with Crippen LogP contribution in [0.5, 0.6) is 5.75 Å². The van der Waals surface area contributed by atoms with Gasteiger partial charge in [-0.3, -0.25) is 9.30 Å². The molecule has 2 fully saturated rings. The average Bonchev–Trinajstić information content (AvgIpc) is 3.49. The number of anilines is 1. The number of phenolic OH excluding ortho intramolecular Hbond substituents is 1. The molecule has 1 saturated carbocycles. The fourth-order valence-electron chi connectivity index (χ4n) is 5.30. The number of nitrogens with zero attached hydrogens (tertiary/aromatic N) is 4. The number of ether oxygens (including phenoxy) is 1. The van der Waals surface area contributed by atoms with Crippen molar-refractivity contribution in [1.29, 1.82) is 0 Å². The molecule has 4 aromatic rings. The summed E-state index contributed by atoms with van der Waals surface area (Å²) in [6.07, 6.45) is 3.64. The molecule has 2 aromatic carbocycles. The summed E-state index contributed by atoms with van der Waals surface area (Å²) in [6.45, 7) is 7.75. The maximum absolute atomic E-state index is 12.9. The number of pyridine rings is 1. The lowest BCUT2D eigenvalue weighted by molar-refractivity contribution is 0.0107. The molecule has 1 saturated heterocycles. The molecule has 0 bridgehead atoms. The zero-order valence-electron chi connectivity index (χ0n) is 21.0. The van der Waals surface area contributed by atoms with Crippen LogP contribution in [0.25, 0.3) is 27.8 Å². The van der Waals surface area contributed by atoms with Crippen LogP contribution in [0.1, 0.15) is 33.6 Å². The summed E-state index contributed by atoms with van der Waals surface area (Å²) in [4.78, 5) is 22.1. The summed E-state index contributed by atoms with van der Waals surface area (Å²) in [7, 11) is 0. The first-order chi connectivity index (χ1) is 17.6. The number of carbonyl (C=O) groups excluding carboxylic acids is 1. The largest absolute Gasteiger partial charge is 0.507 e. The SMILES string of the molecule is CC(C)(C)OC(=O)N1CCN(c2cccc3c2nc2cc(-c4c(O)ccc(Cl)c4Cl)ccn23)CC12CC2. The van der Waals surface area contributed by atoms with Gasteiger partial charge in [0.25, 0.3) is 0 Å². The van der Waals surface area contributed by atoms with Gasteiger partial charge >= 0.3 is 6.09 Å². The van der Waals surface area contributed by atoms with Crippen molar-refractivity contribution in [3.05, 3.63) is 58.7 Å². The third-order valence-electron chi connectivity index (χ3n) is 7.21. The lowest BCUT2D eigenvalue weighted by Crippen LogP contribution is -2.58. The predicted octanol–water partition coefficient (Wildman–Crippen LogP) is 6.76. The molecule has 1 amide bonds. The molecule has 192 valence electrons. The summed E-state index contributed by atoms with van der Waals surface area (Å²) >= 11 is 12.6. The molecular weight excluding hydrogens is 511 g/mol. The second-order valence-corrected chi connectivity index (χ2v) is 11.7. The van der Waals surface area contributed by atoms with E-state index < -0.39 is 5.60 Å². The lowest BCUT2D eigenvalue weighted by atomic mass is 10.1. The molecule has 9 heteroatoms. The van der Waals surface area contributed by atoms with Gasteiger partial charge in [-0.1, -0.05) is 29.3 Å². The van der Waals surface area contributed by atoms with Crippen LogP contribution in [0.2, 0.25) is 10.0 Å². The Bertz CT molecular complexity index is 1550. The van der Waals surface area contributed by atoms with Crippen LogP contribution in [-0.2, 0) is 4.74 Å². The van der Waals surface area contributed by atoms with E-state index in [9.17, 15) is 9.90 Å². The van der Waals surface area contributed by atoms with Gasteiger partial charge in [0.15, 0.2) is 0 Å². The summed E-state index contributed by atoms with van der Waals surface area (Å²) in [5.41, 5.74) is 4.18. The van der Waals surface area contributed by atoms with E-state index in [4.69, 9.17) is 32.9 Å². The number of halogens is 2. The first-order valence-electron chi connectivity index (χ1n) is 12.4. The minimum atomic E-state index is -0.516. The standard InChI is InChI=1S/C28H28Cl2N4O3/c1-27(2,3)37-26(36)34-14-13-32(16-28(34)10-11-28)19-5-4-6-20-25(19)31-22-15-17(9-12-33(20)22)23-21(35)8-7-18(29)24(23)30/h4-9,12,15,35H,10-11,13-14,16H2,1-3H3. The fourth-order valence-corrected chi connectivity index (χ4v) is 5.73. The topological polar surface area (TPSA) is 70.3 Å². The number of amides is 1. The van der Waals surface area contributed by atoms with Gasteiger partial charge in [0, 0.05) is 31.4 Å². The van der Waals surface area contributed by atoms with Gasteiger partial charge in [-0.05, 0) is 75.6 Å².